The van der Waals surface area contributed by atoms with Crippen molar-refractivity contribution in [1.29, 1.82) is 0 Å². The van der Waals surface area contributed by atoms with E-state index in [2.05, 4.69) is 5.32 Å². The number of ether oxygens (including phenoxy) is 1. The monoisotopic (exact) mass is 245 g/mol. The first-order chi connectivity index (χ1) is 8.81. The topological polar surface area (TPSA) is 38.3 Å². The molecule has 1 aromatic carbocycles. The summed E-state index contributed by atoms with van der Waals surface area (Å²) in [5, 5.41) is 3.30. The van der Waals surface area contributed by atoms with Crippen LogP contribution in [-0.2, 0) is 0 Å². The van der Waals surface area contributed by atoms with E-state index in [1.807, 2.05) is 24.3 Å². The lowest BCUT2D eigenvalue weighted by atomic mass is 9.97. The molecule has 0 radical (unpaired) electrons. The van der Waals surface area contributed by atoms with Gasteiger partial charge in [0.1, 0.15) is 5.75 Å². The molecule has 1 unspecified atom stereocenters. The summed E-state index contributed by atoms with van der Waals surface area (Å²) in [5.41, 5.74) is 0.792. The van der Waals surface area contributed by atoms with Crippen molar-refractivity contribution >= 4 is 5.78 Å². The molecule has 0 aromatic heterocycles. The van der Waals surface area contributed by atoms with Crippen molar-refractivity contribution < 1.29 is 9.53 Å². The van der Waals surface area contributed by atoms with Gasteiger partial charge in [-0.05, 0) is 50.4 Å². The van der Waals surface area contributed by atoms with Crippen LogP contribution >= 0.6 is 0 Å². The van der Waals surface area contributed by atoms with Crippen LogP contribution in [0.5, 0.6) is 5.75 Å². The third-order valence-corrected chi connectivity index (χ3v) is 3.62. The van der Waals surface area contributed by atoms with Gasteiger partial charge < -0.3 is 10.1 Å². The van der Waals surface area contributed by atoms with Gasteiger partial charge in [-0.1, -0.05) is 12.1 Å². The highest BCUT2D eigenvalue weighted by Gasteiger charge is 2.24. The van der Waals surface area contributed by atoms with Crippen molar-refractivity contribution in [3.63, 3.8) is 0 Å². The van der Waals surface area contributed by atoms with Crippen LogP contribution in [0.2, 0.25) is 0 Å². The largest absolute Gasteiger partial charge is 0.490 e. The summed E-state index contributed by atoms with van der Waals surface area (Å²) >= 11 is 0. The first-order valence-corrected chi connectivity index (χ1v) is 6.82. The molecule has 3 heteroatoms. The first kappa shape index (κ1) is 11.7. The van der Waals surface area contributed by atoms with Crippen LogP contribution < -0.4 is 10.1 Å². The van der Waals surface area contributed by atoms with Crippen molar-refractivity contribution in [3.8, 4) is 5.75 Å². The number of carbonyl (C=O) groups is 1. The number of hydrogen-bond acceptors (Lipinski definition) is 3. The van der Waals surface area contributed by atoms with E-state index in [1.165, 1.54) is 0 Å². The number of ketones is 1. The molecule has 96 valence electrons. The third kappa shape index (κ3) is 2.91. The Hall–Kier alpha value is -1.35. The van der Waals surface area contributed by atoms with Gasteiger partial charge in [-0.15, -0.1) is 0 Å². The Morgan fingerprint density at radius 3 is 2.94 bits per heavy atom. The zero-order valence-corrected chi connectivity index (χ0v) is 10.5. The van der Waals surface area contributed by atoms with Crippen molar-refractivity contribution in [2.24, 2.45) is 5.92 Å². The Kier molecular flexibility index (Phi) is 3.33. The highest BCUT2D eigenvalue weighted by molar-refractivity contribution is 5.96. The SMILES string of the molecule is O=C(CC1CCNC1)c1cccc(OC2CC2)c1. The normalized spacial score (nSPS) is 23.0. The minimum absolute atomic E-state index is 0.241. The lowest BCUT2D eigenvalue weighted by molar-refractivity contribution is 0.0964. The van der Waals surface area contributed by atoms with Gasteiger partial charge in [0.05, 0.1) is 6.10 Å². The second kappa shape index (κ2) is 5.11. The average Bonchev–Trinajstić information content (AvgIpc) is 3.04. The molecule has 1 atom stereocenters. The Labute approximate surface area is 108 Å². The maximum absolute atomic E-state index is 12.2. The molecule has 1 aliphatic carbocycles. The standard InChI is InChI=1S/C15H19NO2/c17-15(8-11-6-7-16-10-11)12-2-1-3-14(9-12)18-13-4-5-13/h1-3,9,11,13,16H,4-8,10H2. The Morgan fingerprint density at radius 2 is 2.22 bits per heavy atom. The molecule has 1 saturated heterocycles. The predicted octanol–water partition coefficient (Wildman–Crippen LogP) is 2.41. The number of hydrogen-bond donors (Lipinski definition) is 1. The van der Waals surface area contributed by atoms with E-state index in [4.69, 9.17) is 4.74 Å². The zero-order chi connectivity index (χ0) is 12.4. The van der Waals surface area contributed by atoms with Crippen LogP contribution in [0.25, 0.3) is 0 Å². The minimum atomic E-state index is 0.241. The quantitative estimate of drug-likeness (QED) is 0.810. The lowest BCUT2D eigenvalue weighted by Gasteiger charge is -2.09. The molecule has 0 amide bonds. The summed E-state index contributed by atoms with van der Waals surface area (Å²) in [6.07, 6.45) is 4.44. The highest BCUT2D eigenvalue weighted by Crippen LogP contribution is 2.27. The Morgan fingerprint density at radius 1 is 1.33 bits per heavy atom. The predicted molar refractivity (Wildman–Crippen MR) is 70.0 cm³/mol. The molecule has 1 saturated carbocycles. The highest BCUT2D eigenvalue weighted by atomic mass is 16.5. The Bertz CT molecular complexity index is 434. The van der Waals surface area contributed by atoms with E-state index in [0.717, 1.165) is 43.7 Å². The van der Waals surface area contributed by atoms with E-state index in [-0.39, 0.29) is 5.78 Å². The van der Waals surface area contributed by atoms with Crippen LogP contribution in [0, 0.1) is 5.92 Å². The summed E-state index contributed by atoms with van der Waals surface area (Å²) in [4.78, 5) is 12.2. The second-order valence-electron chi connectivity index (χ2n) is 5.33. The van der Waals surface area contributed by atoms with E-state index in [0.29, 0.717) is 18.4 Å². The molecule has 1 aliphatic heterocycles. The molecule has 1 N–H and O–H groups in total. The number of nitrogens with one attached hydrogen (secondary N) is 1. The van der Waals surface area contributed by atoms with Crippen molar-refractivity contribution in [1.82, 2.24) is 5.32 Å². The third-order valence-electron chi connectivity index (χ3n) is 3.62. The van der Waals surface area contributed by atoms with Gasteiger partial charge >= 0.3 is 0 Å². The zero-order valence-electron chi connectivity index (χ0n) is 10.5. The fourth-order valence-corrected chi connectivity index (χ4v) is 2.39. The molecule has 3 rings (SSSR count). The van der Waals surface area contributed by atoms with E-state index in [1.54, 1.807) is 0 Å². The maximum atomic E-state index is 12.2. The van der Waals surface area contributed by atoms with Gasteiger partial charge in [-0.25, -0.2) is 0 Å². The number of benzene rings is 1. The summed E-state index contributed by atoms with van der Waals surface area (Å²) in [6.45, 7) is 2.02. The van der Waals surface area contributed by atoms with Crippen LogP contribution in [0.1, 0.15) is 36.0 Å². The summed E-state index contributed by atoms with van der Waals surface area (Å²) in [6, 6.07) is 7.64. The second-order valence-corrected chi connectivity index (χ2v) is 5.33. The van der Waals surface area contributed by atoms with Crippen LogP contribution in [0.3, 0.4) is 0 Å². The van der Waals surface area contributed by atoms with Gasteiger partial charge in [0.15, 0.2) is 5.78 Å². The van der Waals surface area contributed by atoms with Crippen LogP contribution in [-0.4, -0.2) is 25.0 Å². The Balaban J connectivity index is 1.64. The van der Waals surface area contributed by atoms with Gasteiger partial charge in [-0.2, -0.15) is 0 Å². The van der Waals surface area contributed by atoms with Gasteiger partial charge in [0.25, 0.3) is 0 Å². The number of rotatable bonds is 5. The van der Waals surface area contributed by atoms with E-state index in [9.17, 15) is 4.79 Å². The van der Waals surface area contributed by atoms with Crippen molar-refractivity contribution in [2.75, 3.05) is 13.1 Å². The van der Waals surface area contributed by atoms with E-state index >= 15 is 0 Å². The molecule has 1 heterocycles. The summed E-state index contributed by atoms with van der Waals surface area (Å²) < 4.78 is 5.72. The average molecular weight is 245 g/mol. The molecule has 2 aliphatic rings. The fourth-order valence-electron chi connectivity index (χ4n) is 2.39. The molecular formula is C15H19NO2. The number of carbonyl (C=O) groups excluding carboxylic acids is 1. The molecule has 3 nitrogen and oxygen atoms in total. The fraction of sp³-hybridized carbons (Fsp3) is 0.533. The van der Waals surface area contributed by atoms with Crippen LogP contribution in [0.15, 0.2) is 24.3 Å². The van der Waals surface area contributed by atoms with Crippen LogP contribution in [0.4, 0.5) is 0 Å². The minimum Gasteiger partial charge on any atom is -0.490 e. The molecule has 18 heavy (non-hydrogen) atoms. The summed E-state index contributed by atoms with van der Waals surface area (Å²) in [7, 11) is 0. The number of Topliss-reactive ketones (excluding diaryl/α,β-unsaturated/α-hetero) is 1. The molecule has 1 aromatic rings. The van der Waals surface area contributed by atoms with Crippen molar-refractivity contribution in [3.05, 3.63) is 29.8 Å². The van der Waals surface area contributed by atoms with Gasteiger partial charge in [0, 0.05) is 12.0 Å². The molecule has 2 fully saturated rings. The maximum Gasteiger partial charge on any atom is 0.163 e. The smallest absolute Gasteiger partial charge is 0.163 e. The molecular weight excluding hydrogens is 226 g/mol. The van der Waals surface area contributed by atoms with Crippen molar-refractivity contribution in [2.45, 2.75) is 31.8 Å². The van der Waals surface area contributed by atoms with E-state index < -0.39 is 0 Å². The first-order valence-electron chi connectivity index (χ1n) is 6.82. The molecule has 0 spiro atoms. The lowest BCUT2D eigenvalue weighted by Crippen LogP contribution is -2.13. The summed E-state index contributed by atoms with van der Waals surface area (Å²) in [5.74, 6) is 1.59. The molecule has 0 bridgehead atoms. The van der Waals surface area contributed by atoms with Gasteiger partial charge in [0.2, 0.25) is 0 Å². The van der Waals surface area contributed by atoms with Gasteiger partial charge in [-0.3, -0.25) is 4.79 Å².